The first-order valence-electron chi connectivity index (χ1n) is 5.94. The summed E-state index contributed by atoms with van der Waals surface area (Å²) in [5.74, 6) is -0.0508. The molecule has 0 amide bonds. The van der Waals surface area contributed by atoms with Crippen LogP contribution in [0.25, 0.3) is 0 Å². The average molecular weight is 240 g/mol. The molecule has 0 bridgehead atoms. The lowest BCUT2D eigenvalue weighted by molar-refractivity contribution is -0.145. The first-order valence-corrected chi connectivity index (χ1v) is 5.94. The highest BCUT2D eigenvalue weighted by molar-refractivity contribution is 5.78. The highest BCUT2D eigenvalue weighted by Gasteiger charge is 2.34. The van der Waals surface area contributed by atoms with Gasteiger partial charge in [0.1, 0.15) is 17.7 Å². The van der Waals surface area contributed by atoms with Gasteiger partial charge in [0.15, 0.2) is 0 Å². The number of hydrogen-bond acceptors (Lipinski definition) is 4. The largest absolute Gasteiger partial charge is 0.480 e. The maximum atomic E-state index is 11.3. The lowest BCUT2D eigenvalue weighted by Gasteiger charge is -2.27. The molecule has 6 heteroatoms. The standard InChI is InChI=1S/C11H20N4O2/c1-4-11(5-2,10(16)17)13-7-9-12-8-14-15(9)6-3/h8,13H,4-7H2,1-3H3,(H,16,17). The van der Waals surface area contributed by atoms with Crippen molar-refractivity contribution in [3.8, 4) is 0 Å². The molecule has 6 nitrogen and oxygen atoms in total. The predicted molar refractivity (Wildman–Crippen MR) is 63.5 cm³/mol. The van der Waals surface area contributed by atoms with Crippen LogP contribution in [0.15, 0.2) is 6.33 Å². The van der Waals surface area contributed by atoms with Crippen molar-refractivity contribution in [2.24, 2.45) is 0 Å². The molecule has 0 unspecified atom stereocenters. The number of aryl methyl sites for hydroxylation is 1. The van der Waals surface area contributed by atoms with Crippen molar-refractivity contribution < 1.29 is 9.90 Å². The van der Waals surface area contributed by atoms with Crippen LogP contribution in [0, 0.1) is 0 Å². The Hall–Kier alpha value is -1.43. The molecule has 0 aliphatic rings. The Kier molecular flexibility index (Phi) is 4.62. The Morgan fingerprint density at radius 2 is 2.12 bits per heavy atom. The Balaban J connectivity index is 2.74. The minimum Gasteiger partial charge on any atom is -0.480 e. The Labute approximate surface area is 101 Å². The molecule has 17 heavy (non-hydrogen) atoms. The quantitative estimate of drug-likeness (QED) is 0.744. The number of carboxylic acid groups (broad SMARTS) is 1. The zero-order valence-electron chi connectivity index (χ0n) is 10.6. The van der Waals surface area contributed by atoms with Crippen LogP contribution in [-0.4, -0.2) is 31.4 Å². The summed E-state index contributed by atoms with van der Waals surface area (Å²) < 4.78 is 1.75. The third kappa shape index (κ3) is 2.82. The molecule has 2 N–H and O–H groups in total. The van der Waals surface area contributed by atoms with E-state index in [1.165, 1.54) is 6.33 Å². The molecule has 1 rings (SSSR count). The summed E-state index contributed by atoms with van der Waals surface area (Å²) in [4.78, 5) is 15.4. The maximum Gasteiger partial charge on any atom is 0.323 e. The van der Waals surface area contributed by atoms with Gasteiger partial charge in [-0.25, -0.2) is 9.67 Å². The Bertz CT molecular complexity index is 371. The second-order valence-electron chi connectivity index (χ2n) is 3.94. The van der Waals surface area contributed by atoms with Crippen molar-refractivity contribution in [1.82, 2.24) is 20.1 Å². The molecule has 0 saturated heterocycles. The third-order valence-corrected chi connectivity index (χ3v) is 3.20. The molecular weight excluding hydrogens is 220 g/mol. The van der Waals surface area contributed by atoms with E-state index in [-0.39, 0.29) is 0 Å². The SMILES string of the molecule is CCn1ncnc1CNC(CC)(CC)C(=O)O. The van der Waals surface area contributed by atoms with Gasteiger partial charge in [-0.15, -0.1) is 0 Å². The highest BCUT2D eigenvalue weighted by Crippen LogP contribution is 2.16. The summed E-state index contributed by atoms with van der Waals surface area (Å²) in [6.07, 6.45) is 2.57. The number of carbonyl (C=O) groups is 1. The molecule has 0 spiro atoms. The monoisotopic (exact) mass is 240 g/mol. The molecular formula is C11H20N4O2. The van der Waals surface area contributed by atoms with Crippen molar-refractivity contribution in [1.29, 1.82) is 0 Å². The molecule has 1 aromatic rings. The maximum absolute atomic E-state index is 11.3. The Morgan fingerprint density at radius 1 is 1.47 bits per heavy atom. The lowest BCUT2D eigenvalue weighted by Crippen LogP contribution is -2.51. The van der Waals surface area contributed by atoms with Crippen molar-refractivity contribution in [3.05, 3.63) is 12.2 Å². The number of carboxylic acids is 1. The zero-order chi connectivity index (χ0) is 12.9. The van der Waals surface area contributed by atoms with Gasteiger partial charge in [-0.1, -0.05) is 13.8 Å². The van der Waals surface area contributed by atoms with E-state index >= 15 is 0 Å². The molecule has 0 fully saturated rings. The van der Waals surface area contributed by atoms with Crippen molar-refractivity contribution in [3.63, 3.8) is 0 Å². The van der Waals surface area contributed by atoms with Crippen LogP contribution in [0.3, 0.4) is 0 Å². The number of hydrogen-bond donors (Lipinski definition) is 2. The van der Waals surface area contributed by atoms with Crippen LogP contribution in [0.2, 0.25) is 0 Å². The molecule has 0 radical (unpaired) electrons. The van der Waals surface area contributed by atoms with Gasteiger partial charge in [0.25, 0.3) is 0 Å². The topological polar surface area (TPSA) is 80.0 Å². The summed E-state index contributed by atoms with van der Waals surface area (Å²) >= 11 is 0. The summed E-state index contributed by atoms with van der Waals surface area (Å²) in [6, 6.07) is 0. The minimum absolute atomic E-state index is 0.418. The molecule has 1 heterocycles. The predicted octanol–water partition coefficient (Wildman–Crippen LogP) is 1.03. The molecule has 0 aliphatic heterocycles. The zero-order valence-corrected chi connectivity index (χ0v) is 10.6. The van der Waals surface area contributed by atoms with E-state index in [2.05, 4.69) is 15.4 Å². The van der Waals surface area contributed by atoms with Gasteiger partial charge in [0.2, 0.25) is 0 Å². The smallest absolute Gasteiger partial charge is 0.323 e. The van der Waals surface area contributed by atoms with Gasteiger partial charge >= 0.3 is 5.97 Å². The van der Waals surface area contributed by atoms with E-state index in [1.807, 2.05) is 20.8 Å². The van der Waals surface area contributed by atoms with Crippen molar-refractivity contribution in [2.75, 3.05) is 0 Å². The molecule has 0 saturated carbocycles. The van der Waals surface area contributed by atoms with E-state index in [0.29, 0.717) is 19.4 Å². The number of aliphatic carboxylic acids is 1. The molecule has 0 atom stereocenters. The third-order valence-electron chi connectivity index (χ3n) is 3.20. The van der Waals surface area contributed by atoms with Crippen molar-refractivity contribution >= 4 is 5.97 Å². The first kappa shape index (κ1) is 13.6. The summed E-state index contributed by atoms with van der Waals surface area (Å²) in [7, 11) is 0. The van der Waals surface area contributed by atoms with Gasteiger partial charge in [-0.3, -0.25) is 10.1 Å². The average Bonchev–Trinajstić information content (AvgIpc) is 2.78. The summed E-state index contributed by atoms with van der Waals surface area (Å²) in [5.41, 5.74) is -0.871. The normalized spacial score (nSPS) is 11.7. The number of nitrogens with one attached hydrogen (secondary N) is 1. The summed E-state index contributed by atoms with van der Waals surface area (Å²) in [5, 5.41) is 16.4. The second-order valence-corrected chi connectivity index (χ2v) is 3.94. The summed E-state index contributed by atoms with van der Waals surface area (Å²) in [6.45, 7) is 6.86. The number of aromatic nitrogens is 3. The van der Waals surface area contributed by atoms with Crippen molar-refractivity contribution in [2.45, 2.75) is 52.2 Å². The lowest BCUT2D eigenvalue weighted by atomic mass is 9.93. The van der Waals surface area contributed by atoms with Gasteiger partial charge in [0.05, 0.1) is 6.54 Å². The van der Waals surface area contributed by atoms with Gasteiger partial charge in [0, 0.05) is 6.54 Å². The van der Waals surface area contributed by atoms with Crippen LogP contribution in [0.5, 0.6) is 0 Å². The van der Waals surface area contributed by atoms with E-state index in [1.54, 1.807) is 4.68 Å². The number of nitrogens with zero attached hydrogens (tertiary/aromatic N) is 3. The first-order chi connectivity index (χ1) is 8.09. The fourth-order valence-corrected chi connectivity index (χ4v) is 1.82. The van der Waals surface area contributed by atoms with Crippen LogP contribution in [0.4, 0.5) is 0 Å². The molecule has 96 valence electrons. The second kappa shape index (κ2) is 5.77. The number of rotatable bonds is 7. The molecule has 1 aromatic heterocycles. The fraction of sp³-hybridized carbons (Fsp3) is 0.727. The van der Waals surface area contributed by atoms with E-state index in [0.717, 1.165) is 12.4 Å². The van der Waals surface area contributed by atoms with E-state index < -0.39 is 11.5 Å². The minimum atomic E-state index is -0.871. The van der Waals surface area contributed by atoms with Crippen LogP contribution in [-0.2, 0) is 17.9 Å². The van der Waals surface area contributed by atoms with Crippen LogP contribution >= 0.6 is 0 Å². The van der Waals surface area contributed by atoms with E-state index in [4.69, 9.17) is 0 Å². The van der Waals surface area contributed by atoms with Crippen LogP contribution in [0.1, 0.15) is 39.4 Å². The Morgan fingerprint density at radius 3 is 2.59 bits per heavy atom. The fourth-order valence-electron chi connectivity index (χ4n) is 1.82. The van der Waals surface area contributed by atoms with Gasteiger partial charge < -0.3 is 5.11 Å². The molecule has 0 aliphatic carbocycles. The van der Waals surface area contributed by atoms with Crippen LogP contribution < -0.4 is 5.32 Å². The van der Waals surface area contributed by atoms with Gasteiger partial charge in [-0.2, -0.15) is 5.10 Å². The van der Waals surface area contributed by atoms with E-state index in [9.17, 15) is 9.90 Å². The molecule has 0 aromatic carbocycles. The highest BCUT2D eigenvalue weighted by atomic mass is 16.4. The van der Waals surface area contributed by atoms with Gasteiger partial charge in [-0.05, 0) is 19.8 Å².